The van der Waals surface area contributed by atoms with Crippen molar-refractivity contribution in [1.82, 2.24) is 4.90 Å². The molecule has 0 aromatic heterocycles. The molecule has 0 aliphatic carbocycles. The van der Waals surface area contributed by atoms with Gasteiger partial charge in [0.1, 0.15) is 0 Å². The summed E-state index contributed by atoms with van der Waals surface area (Å²) in [5, 5.41) is 0. The smallest absolute Gasteiger partial charge is 0.161 e. The van der Waals surface area contributed by atoms with Gasteiger partial charge in [0, 0.05) is 31.3 Å². The maximum atomic E-state index is 13.3. The van der Waals surface area contributed by atoms with Crippen LogP contribution in [0.15, 0.2) is 12.1 Å². The molecule has 1 aromatic rings. The Morgan fingerprint density at radius 1 is 1.22 bits per heavy atom. The van der Waals surface area contributed by atoms with Crippen molar-refractivity contribution < 1.29 is 8.78 Å². The van der Waals surface area contributed by atoms with Crippen LogP contribution in [-0.2, 0) is 0 Å². The summed E-state index contributed by atoms with van der Waals surface area (Å²) in [6.45, 7) is 3.74. The van der Waals surface area contributed by atoms with Crippen LogP contribution in [0, 0.1) is 17.6 Å². The number of nitrogens with zero attached hydrogens (tertiary/aromatic N) is 2. The van der Waals surface area contributed by atoms with E-state index in [-0.39, 0.29) is 0 Å². The van der Waals surface area contributed by atoms with Crippen molar-refractivity contribution in [3.8, 4) is 0 Å². The van der Waals surface area contributed by atoms with E-state index in [0.29, 0.717) is 23.3 Å². The molecule has 1 aliphatic heterocycles. The fraction of sp³-hybridized carbons (Fsp3) is 0.538. The maximum Gasteiger partial charge on any atom is 0.161 e. The Kier molecular flexibility index (Phi) is 3.43. The summed E-state index contributed by atoms with van der Waals surface area (Å²) in [5.41, 5.74) is 6.66. The van der Waals surface area contributed by atoms with Gasteiger partial charge in [-0.25, -0.2) is 8.78 Å². The first kappa shape index (κ1) is 13.1. The van der Waals surface area contributed by atoms with Crippen LogP contribution in [0.2, 0.25) is 0 Å². The molecule has 1 aromatic carbocycles. The van der Waals surface area contributed by atoms with E-state index in [0.717, 1.165) is 19.2 Å². The highest BCUT2D eigenvalue weighted by atomic mass is 19.2. The highest BCUT2D eigenvalue weighted by molar-refractivity contribution is 5.68. The number of halogens is 2. The van der Waals surface area contributed by atoms with Crippen LogP contribution >= 0.6 is 0 Å². The Bertz CT molecular complexity index is 448. The van der Waals surface area contributed by atoms with Crippen molar-refractivity contribution in [2.24, 2.45) is 5.92 Å². The summed E-state index contributed by atoms with van der Waals surface area (Å²) in [4.78, 5) is 4.17. The molecule has 0 spiro atoms. The second-order valence-electron chi connectivity index (χ2n) is 5.24. The third-order valence-electron chi connectivity index (χ3n) is 3.65. The number of anilines is 2. The van der Waals surface area contributed by atoms with E-state index < -0.39 is 11.6 Å². The minimum Gasteiger partial charge on any atom is -0.397 e. The molecule has 2 atom stereocenters. The largest absolute Gasteiger partial charge is 0.397 e. The van der Waals surface area contributed by atoms with Gasteiger partial charge in [0.05, 0.1) is 11.4 Å². The van der Waals surface area contributed by atoms with Gasteiger partial charge in [-0.3, -0.25) is 0 Å². The van der Waals surface area contributed by atoms with E-state index >= 15 is 0 Å². The minimum atomic E-state index is -0.896. The van der Waals surface area contributed by atoms with Gasteiger partial charge in [0.15, 0.2) is 11.6 Å². The Morgan fingerprint density at radius 3 is 2.39 bits per heavy atom. The van der Waals surface area contributed by atoms with Crippen LogP contribution in [0.3, 0.4) is 0 Å². The molecule has 0 saturated carbocycles. The van der Waals surface area contributed by atoms with Crippen molar-refractivity contribution in [2.45, 2.75) is 13.0 Å². The summed E-state index contributed by atoms with van der Waals surface area (Å²) in [5.74, 6) is -1.28. The van der Waals surface area contributed by atoms with Crippen LogP contribution in [0.1, 0.15) is 6.92 Å². The fourth-order valence-electron chi connectivity index (χ4n) is 2.64. The topological polar surface area (TPSA) is 32.5 Å². The lowest BCUT2D eigenvalue weighted by molar-refractivity contribution is 0.266. The second kappa shape index (κ2) is 4.72. The second-order valence-corrected chi connectivity index (χ2v) is 5.24. The number of hydrogen-bond donors (Lipinski definition) is 1. The highest BCUT2D eigenvalue weighted by Crippen LogP contribution is 2.31. The molecule has 1 saturated heterocycles. The first-order chi connectivity index (χ1) is 8.40. The molecule has 1 aliphatic rings. The summed E-state index contributed by atoms with van der Waals surface area (Å²) in [6.07, 6.45) is 0. The predicted octanol–water partition coefficient (Wildman–Crippen LogP) is 1.93. The Hall–Kier alpha value is -1.36. The van der Waals surface area contributed by atoms with Crippen molar-refractivity contribution >= 4 is 11.4 Å². The average molecular weight is 255 g/mol. The Labute approximate surface area is 106 Å². The van der Waals surface area contributed by atoms with Crippen LogP contribution in [0.4, 0.5) is 20.2 Å². The molecule has 0 amide bonds. The van der Waals surface area contributed by atoms with Gasteiger partial charge >= 0.3 is 0 Å². The van der Waals surface area contributed by atoms with Gasteiger partial charge in [-0.1, -0.05) is 6.92 Å². The van der Waals surface area contributed by atoms with E-state index in [4.69, 9.17) is 5.73 Å². The molecule has 0 radical (unpaired) electrons. The number of nitrogens with two attached hydrogens (primary N) is 1. The molecule has 2 N–H and O–H groups in total. The van der Waals surface area contributed by atoms with Crippen molar-refractivity contribution in [1.29, 1.82) is 0 Å². The van der Waals surface area contributed by atoms with Gasteiger partial charge in [0.25, 0.3) is 0 Å². The van der Waals surface area contributed by atoms with Crippen molar-refractivity contribution in [3.05, 3.63) is 23.8 Å². The summed E-state index contributed by atoms with van der Waals surface area (Å²) >= 11 is 0. The summed E-state index contributed by atoms with van der Waals surface area (Å²) in [7, 11) is 4.05. The maximum absolute atomic E-state index is 13.3. The number of nitrogen functional groups attached to an aromatic ring is 1. The first-order valence-corrected chi connectivity index (χ1v) is 6.06. The minimum absolute atomic E-state index is 0.292. The quantitative estimate of drug-likeness (QED) is 0.820. The lowest BCUT2D eigenvalue weighted by Crippen LogP contribution is -2.34. The van der Waals surface area contributed by atoms with Crippen LogP contribution in [0.25, 0.3) is 0 Å². The lowest BCUT2D eigenvalue weighted by Gasteiger charge is -2.23. The SMILES string of the molecule is CC1CN(c2cc(F)c(F)cc2N)CC1N(C)C. The molecule has 0 bridgehead atoms. The monoisotopic (exact) mass is 255 g/mol. The van der Waals surface area contributed by atoms with Crippen LogP contribution in [0.5, 0.6) is 0 Å². The molecule has 5 heteroatoms. The predicted molar refractivity (Wildman–Crippen MR) is 69.6 cm³/mol. The molecular formula is C13H19F2N3. The number of likely N-dealkylation sites (N-methyl/N-ethyl adjacent to an activating group) is 1. The molecule has 100 valence electrons. The zero-order valence-electron chi connectivity index (χ0n) is 11.0. The van der Waals surface area contributed by atoms with Crippen molar-refractivity contribution in [2.75, 3.05) is 37.8 Å². The summed E-state index contributed by atoms with van der Waals surface area (Å²) in [6, 6.07) is 2.64. The molecule has 1 heterocycles. The molecule has 18 heavy (non-hydrogen) atoms. The number of hydrogen-bond acceptors (Lipinski definition) is 3. The van der Waals surface area contributed by atoms with E-state index in [2.05, 4.69) is 11.8 Å². The Morgan fingerprint density at radius 2 is 1.83 bits per heavy atom. The molecule has 2 rings (SSSR count). The normalized spacial score (nSPS) is 24.0. The highest BCUT2D eigenvalue weighted by Gasteiger charge is 2.32. The van der Waals surface area contributed by atoms with Gasteiger partial charge in [-0.2, -0.15) is 0 Å². The van der Waals surface area contributed by atoms with E-state index in [1.807, 2.05) is 19.0 Å². The molecule has 2 unspecified atom stereocenters. The third kappa shape index (κ3) is 2.27. The van der Waals surface area contributed by atoms with Gasteiger partial charge in [-0.15, -0.1) is 0 Å². The molecule has 1 fully saturated rings. The fourth-order valence-corrected chi connectivity index (χ4v) is 2.64. The first-order valence-electron chi connectivity index (χ1n) is 6.06. The number of benzene rings is 1. The molecular weight excluding hydrogens is 236 g/mol. The van der Waals surface area contributed by atoms with Crippen molar-refractivity contribution in [3.63, 3.8) is 0 Å². The molecule has 3 nitrogen and oxygen atoms in total. The van der Waals surface area contributed by atoms with Crippen LogP contribution < -0.4 is 10.6 Å². The summed E-state index contributed by atoms with van der Waals surface area (Å²) < 4.78 is 26.3. The third-order valence-corrected chi connectivity index (χ3v) is 3.65. The van der Waals surface area contributed by atoms with E-state index in [1.54, 1.807) is 0 Å². The van der Waals surface area contributed by atoms with E-state index in [9.17, 15) is 8.78 Å². The number of rotatable bonds is 2. The van der Waals surface area contributed by atoms with Gasteiger partial charge in [-0.05, 0) is 20.0 Å². The standard InChI is InChI=1S/C13H19F2N3/c1-8-6-18(7-13(8)17(2)3)12-5-10(15)9(14)4-11(12)16/h4-5,8,13H,6-7,16H2,1-3H3. The van der Waals surface area contributed by atoms with Crippen LogP contribution in [-0.4, -0.2) is 38.1 Å². The lowest BCUT2D eigenvalue weighted by atomic mass is 10.1. The van der Waals surface area contributed by atoms with Gasteiger partial charge in [0.2, 0.25) is 0 Å². The van der Waals surface area contributed by atoms with Gasteiger partial charge < -0.3 is 15.5 Å². The van der Waals surface area contributed by atoms with E-state index in [1.165, 1.54) is 6.07 Å². The average Bonchev–Trinajstić information content (AvgIpc) is 2.65. The zero-order valence-corrected chi connectivity index (χ0v) is 11.0. The Balaban J connectivity index is 2.26. The zero-order chi connectivity index (χ0) is 13.4.